The topological polar surface area (TPSA) is 86.8 Å². The second kappa shape index (κ2) is 13.2. The lowest BCUT2D eigenvalue weighted by Gasteiger charge is -2.34. The smallest absolute Gasteiger partial charge is 0.244 e. The summed E-state index contributed by atoms with van der Waals surface area (Å²) in [5, 5.41) is 2.86. The van der Waals surface area contributed by atoms with Crippen LogP contribution in [0.1, 0.15) is 25.0 Å². The van der Waals surface area contributed by atoms with Crippen LogP contribution in [0.3, 0.4) is 0 Å². The van der Waals surface area contributed by atoms with E-state index in [2.05, 4.69) is 21.2 Å². The number of hydrogen-bond acceptors (Lipinski definition) is 4. The molecule has 3 rings (SSSR count). The highest BCUT2D eigenvalue weighted by Crippen LogP contribution is 2.23. The molecule has 3 aromatic rings. The minimum absolute atomic E-state index is 0.00447. The van der Waals surface area contributed by atoms with Gasteiger partial charge in [-0.2, -0.15) is 0 Å². The lowest BCUT2D eigenvalue weighted by Crippen LogP contribution is -2.54. The molecule has 0 heterocycles. The van der Waals surface area contributed by atoms with Crippen LogP contribution in [0.5, 0.6) is 0 Å². The van der Waals surface area contributed by atoms with Gasteiger partial charge in [-0.15, -0.1) is 0 Å². The molecule has 0 aliphatic carbocycles. The third kappa shape index (κ3) is 8.59. The number of halogens is 3. The van der Waals surface area contributed by atoms with Gasteiger partial charge in [0.05, 0.1) is 11.9 Å². The van der Waals surface area contributed by atoms with E-state index < -0.39 is 46.1 Å². The highest BCUT2D eigenvalue weighted by Gasteiger charge is 2.33. The van der Waals surface area contributed by atoms with Crippen molar-refractivity contribution in [3.05, 3.63) is 100 Å². The Labute approximate surface area is 236 Å². The molecular weight excluding hydrogens is 592 g/mol. The molecule has 0 aromatic heterocycles. The summed E-state index contributed by atoms with van der Waals surface area (Å²) in [6, 6.07) is 17.7. The van der Waals surface area contributed by atoms with Gasteiger partial charge in [0.1, 0.15) is 12.6 Å². The van der Waals surface area contributed by atoms with Gasteiger partial charge in [-0.3, -0.25) is 13.9 Å². The molecule has 0 saturated carbocycles. The maximum atomic E-state index is 14.0. The van der Waals surface area contributed by atoms with E-state index in [1.54, 1.807) is 38.1 Å². The highest BCUT2D eigenvalue weighted by atomic mass is 79.9. The van der Waals surface area contributed by atoms with Crippen molar-refractivity contribution >= 4 is 43.5 Å². The molecule has 39 heavy (non-hydrogen) atoms. The summed E-state index contributed by atoms with van der Waals surface area (Å²) in [4.78, 5) is 28.7. The zero-order valence-electron chi connectivity index (χ0n) is 21.8. The first-order valence-electron chi connectivity index (χ1n) is 12.2. The van der Waals surface area contributed by atoms with Crippen LogP contribution in [-0.4, -0.2) is 50.0 Å². The Kier molecular flexibility index (Phi) is 10.2. The summed E-state index contributed by atoms with van der Waals surface area (Å²) in [5.74, 6) is -3.49. The van der Waals surface area contributed by atoms with E-state index in [9.17, 15) is 26.8 Å². The number of carbonyl (C=O) groups is 2. The third-order valence-corrected chi connectivity index (χ3v) is 7.51. The number of amides is 2. The summed E-state index contributed by atoms with van der Waals surface area (Å²) < 4.78 is 54.4. The lowest BCUT2D eigenvalue weighted by molar-refractivity contribution is -0.140. The minimum Gasteiger partial charge on any atom is -0.352 e. The third-order valence-electron chi connectivity index (χ3n) is 5.84. The molecule has 0 aliphatic rings. The molecule has 11 heteroatoms. The van der Waals surface area contributed by atoms with Gasteiger partial charge in [-0.05, 0) is 49.2 Å². The second-order valence-electron chi connectivity index (χ2n) is 9.38. The first kappa shape index (κ1) is 30.2. The predicted molar refractivity (Wildman–Crippen MR) is 150 cm³/mol. The summed E-state index contributed by atoms with van der Waals surface area (Å²) in [7, 11) is -4.09. The first-order chi connectivity index (χ1) is 18.3. The van der Waals surface area contributed by atoms with Crippen molar-refractivity contribution < 1.29 is 26.8 Å². The Morgan fingerprint density at radius 1 is 0.923 bits per heavy atom. The Hall–Kier alpha value is -3.31. The zero-order valence-corrected chi connectivity index (χ0v) is 24.2. The molecule has 0 bridgehead atoms. The summed E-state index contributed by atoms with van der Waals surface area (Å²) in [6.07, 6.45) is 1.04. The Morgan fingerprint density at radius 3 is 2.13 bits per heavy atom. The van der Waals surface area contributed by atoms with E-state index in [0.29, 0.717) is 9.87 Å². The van der Waals surface area contributed by atoms with Crippen molar-refractivity contribution in [1.82, 2.24) is 10.2 Å². The molecule has 0 fully saturated rings. The Bertz CT molecular complexity index is 1400. The van der Waals surface area contributed by atoms with E-state index in [0.717, 1.165) is 34.5 Å². The van der Waals surface area contributed by atoms with Gasteiger partial charge in [0.15, 0.2) is 11.6 Å². The van der Waals surface area contributed by atoms with E-state index in [1.807, 2.05) is 30.3 Å². The number of carbonyl (C=O) groups excluding carboxylic acids is 2. The fourth-order valence-electron chi connectivity index (χ4n) is 3.98. The van der Waals surface area contributed by atoms with E-state index in [4.69, 9.17) is 0 Å². The van der Waals surface area contributed by atoms with Crippen LogP contribution >= 0.6 is 15.9 Å². The standard InChI is InChI=1S/C28H30BrF2N3O4S/c1-19(2)32-28(36)26(15-20-7-5-4-6-8-20)33(17-21-9-11-22(29)12-10-21)27(35)18-34(39(3,37)38)23-13-14-24(30)25(31)16-23/h4-14,16,19,26H,15,17-18H2,1-3H3,(H,32,36)/t26-/m0/s1. The fraction of sp³-hybridized carbons (Fsp3) is 0.286. The van der Waals surface area contributed by atoms with Crippen LogP contribution in [0.25, 0.3) is 0 Å². The van der Waals surface area contributed by atoms with Crippen LogP contribution < -0.4 is 9.62 Å². The van der Waals surface area contributed by atoms with Crippen LogP contribution in [0.15, 0.2) is 77.3 Å². The van der Waals surface area contributed by atoms with E-state index in [-0.39, 0.29) is 24.7 Å². The molecule has 0 spiro atoms. The van der Waals surface area contributed by atoms with Crippen molar-refractivity contribution in [2.75, 3.05) is 17.1 Å². The van der Waals surface area contributed by atoms with Crippen molar-refractivity contribution in [2.24, 2.45) is 0 Å². The number of nitrogens with one attached hydrogen (secondary N) is 1. The zero-order chi connectivity index (χ0) is 28.7. The van der Waals surface area contributed by atoms with Crippen LogP contribution in [0.2, 0.25) is 0 Å². The molecule has 0 unspecified atom stereocenters. The maximum Gasteiger partial charge on any atom is 0.244 e. The largest absolute Gasteiger partial charge is 0.352 e. The average molecular weight is 623 g/mol. The van der Waals surface area contributed by atoms with Crippen LogP contribution in [0, 0.1) is 11.6 Å². The van der Waals surface area contributed by atoms with Gasteiger partial charge < -0.3 is 10.2 Å². The normalized spacial score (nSPS) is 12.2. The summed E-state index contributed by atoms with van der Waals surface area (Å²) in [5.41, 5.74) is 1.30. The lowest BCUT2D eigenvalue weighted by atomic mass is 10.0. The van der Waals surface area contributed by atoms with Crippen molar-refractivity contribution in [1.29, 1.82) is 0 Å². The van der Waals surface area contributed by atoms with Gasteiger partial charge in [0.2, 0.25) is 21.8 Å². The molecule has 0 aliphatic heterocycles. The van der Waals surface area contributed by atoms with E-state index in [1.165, 1.54) is 4.90 Å². The molecular formula is C28H30BrF2N3O4S. The van der Waals surface area contributed by atoms with Gasteiger partial charge in [0.25, 0.3) is 0 Å². The van der Waals surface area contributed by atoms with Crippen molar-refractivity contribution in [3.63, 3.8) is 0 Å². The fourth-order valence-corrected chi connectivity index (χ4v) is 5.08. The maximum absolute atomic E-state index is 14.0. The van der Waals surface area contributed by atoms with Gasteiger partial charge >= 0.3 is 0 Å². The number of nitrogens with zero attached hydrogens (tertiary/aromatic N) is 2. The highest BCUT2D eigenvalue weighted by molar-refractivity contribution is 9.10. The quantitative estimate of drug-likeness (QED) is 0.337. The molecule has 1 atom stereocenters. The molecule has 2 amide bonds. The number of benzene rings is 3. The van der Waals surface area contributed by atoms with Crippen LogP contribution in [-0.2, 0) is 32.6 Å². The van der Waals surface area contributed by atoms with Gasteiger partial charge in [-0.1, -0.05) is 58.4 Å². The first-order valence-corrected chi connectivity index (χ1v) is 14.8. The number of anilines is 1. The summed E-state index contributed by atoms with van der Waals surface area (Å²) >= 11 is 3.38. The molecule has 7 nitrogen and oxygen atoms in total. The number of hydrogen-bond donors (Lipinski definition) is 1. The van der Waals surface area contributed by atoms with Crippen molar-refractivity contribution in [3.8, 4) is 0 Å². The van der Waals surface area contributed by atoms with Crippen molar-refractivity contribution in [2.45, 2.75) is 38.9 Å². The summed E-state index contributed by atoms with van der Waals surface area (Å²) in [6.45, 7) is 2.88. The number of sulfonamides is 1. The molecule has 3 aromatic carbocycles. The molecule has 1 N–H and O–H groups in total. The SMILES string of the molecule is CC(C)NC(=O)[C@H](Cc1ccccc1)N(Cc1ccc(Br)cc1)C(=O)CN(c1ccc(F)c(F)c1)S(C)(=O)=O. The Morgan fingerprint density at radius 2 is 1.56 bits per heavy atom. The van der Waals surface area contributed by atoms with Crippen LogP contribution in [0.4, 0.5) is 14.5 Å². The molecule has 0 radical (unpaired) electrons. The molecule has 0 saturated heterocycles. The number of rotatable bonds is 11. The van der Waals surface area contributed by atoms with E-state index >= 15 is 0 Å². The van der Waals surface area contributed by atoms with Gasteiger partial charge in [0, 0.05) is 29.5 Å². The average Bonchev–Trinajstić information content (AvgIpc) is 2.87. The second-order valence-corrected chi connectivity index (χ2v) is 12.2. The van der Waals surface area contributed by atoms with Gasteiger partial charge in [-0.25, -0.2) is 17.2 Å². The Balaban J connectivity index is 2.06. The monoisotopic (exact) mass is 621 g/mol. The minimum atomic E-state index is -4.09. The predicted octanol–water partition coefficient (Wildman–Crippen LogP) is 4.66. The molecule has 208 valence electrons.